The Morgan fingerprint density at radius 2 is 2.00 bits per heavy atom. The van der Waals surface area contributed by atoms with Gasteiger partial charge in [0, 0.05) is 18.0 Å². The van der Waals surface area contributed by atoms with Crippen LogP contribution >= 0.6 is 0 Å². The van der Waals surface area contributed by atoms with Crippen molar-refractivity contribution in [2.45, 2.75) is 20.1 Å². The molecule has 0 aliphatic heterocycles. The highest BCUT2D eigenvalue weighted by atomic mass is 16.5. The van der Waals surface area contributed by atoms with Gasteiger partial charge in [-0.3, -0.25) is 9.97 Å². The maximum Gasteiger partial charge on any atom is 0.125 e. The first-order chi connectivity index (χ1) is 9.81. The van der Waals surface area contributed by atoms with Gasteiger partial charge in [-0.2, -0.15) is 0 Å². The maximum atomic E-state index is 9.13. The van der Waals surface area contributed by atoms with E-state index in [4.69, 9.17) is 14.6 Å². The third kappa shape index (κ3) is 4.01. The van der Waals surface area contributed by atoms with Crippen molar-refractivity contribution in [2.24, 2.45) is 0 Å². The summed E-state index contributed by atoms with van der Waals surface area (Å²) in [6.45, 7) is 3.19. The highest BCUT2D eigenvalue weighted by molar-refractivity contribution is 5.34. The van der Waals surface area contributed by atoms with Gasteiger partial charge in [-0.25, -0.2) is 0 Å². The zero-order valence-corrected chi connectivity index (χ0v) is 11.5. The Labute approximate surface area is 118 Å². The van der Waals surface area contributed by atoms with Gasteiger partial charge in [-0.15, -0.1) is 0 Å². The first-order valence-electron chi connectivity index (χ1n) is 6.47. The lowest BCUT2D eigenvalue weighted by atomic mass is 10.2. The van der Waals surface area contributed by atoms with Gasteiger partial charge in [0.2, 0.25) is 0 Å². The van der Waals surface area contributed by atoms with Crippen molar-refractivity contribution in [3.05, 3.63) is 53.6 Å². The Kier molecular flexibility index (Phi) is 5.46. The van der Waals surface area contributed by atoms with E-state index in [1.807, 2.05) is 25.1 Å². The van der Waals surface area contributed by atoms with E-state index in [1.165, 1.54) is 0 Å². The van der Waals surface area contributed by atoms with Crippen molar-refractivity contribution in [2.75, 3.05) is 13.2 Å². The average Bonchev–Trinajstić information content (AvgIpc) is 2.49. The number of aliphatic hydroxyl groups is 1. The summed E-state index contributed by atoms with van der Waals surface area (Å²) in [7, 11) is 0. The number of aliphatic hydroxyl groups excluding tert-OH is 1. The molecule has 5 nitrogen and oxygen atoms in total. The number of rotatable bonds is 7. The lowest BCUT2D eigenvalue weighted by molar-refractivity contribution is 0.0866. The average molecular weight is 274 g/mol. The van der Waals surface area contributed by atoms with Crippen LogP contribution in [-0.4, -0.2) is 28.3 Å². The van der Waals surface area contributed by atoms with E-state index in [0.29, 0.717) is 25.5 Å². The number of hydrogen-bond donors (Lipinski definition) is 1. The number of aromatic nitrogens is 2. The molecule has 0 aromatic carbocycles. The van der Waals surface area contributed by atoms with Crippen LogP contribution in [0.4, 0.5) is 0 Å². The molecule has 0 amide bonds. The molecule has 0 radical (unpaired) electrons. The molecule has 1 N–H and O–H groups in total. The molecule has 0 atom stereocenters. The van der Waals surface area contributed by atoms with Crippen LogP contribution in [0.1, 0.15) is 17.0 Å². The molecule has 5 heteroatoms. The fourth-order valence-electron chi connectivity index (χ4n) is 1.75. The Balaban J connectivity index is 1.74. The second kappa shape index (κ2) is 7.57. The minimum atomic E-state index is -0.0841. The zero-order chi connectivity index (χ0) is 14.2. The van der Waals surface area contributed by atoms with E-state index >= 15 is 0 Å². The van der Waals surface area contributed by atoms with E-state index in [0.717, 1.165) is 17.0 Å². The van der Waals surface area contributed by atoms with E-state index in [2.05, 4.69) is 9.97 Å². The standard InChI is InChI=1S/C15H18N2O3/c1-12-14(10-18)17-7-5-15(12)20-9-8-19-11-13-4-2-3-6-16-13/h2-7,18H,8-11H2,1H3. The highest BCUT2D eigenvalue weighted by Gasteiger charge is 2.05. The maximum absolute atomic E-state index is 9.13. The first-order valence-corrected chi connectivity index (χ1v) is 6.47. The third-order valence-electron chi connectivity index (χ3n) is 2.87. The van der Waals surface area contributed by atoms with Crippen molar-refractivity contribution >= 4 is 0 Å². The van der Waals surface area contributed by atoms with Gasteiger partial charge < -0.3 is 14.6 Å². The van der Waals surface area contributed by atoms with Crippen LogP contribution in [0.25, 0.3) is 0 Å². The summed E-state index contributed by atoms with van der Waals surface area (Å²) < 4.78 is 11.1. The number of hydrogen-bond acceptors (Lipinski definition) is 5. The lowest BCUT2D eigenvalue weighted by Gasteiger charge is -2.11. The molecule has 2 aromatic heterocycles. The van der Waals surface area contributed by atoms with Crippen molar-refractivity contribution in [3.63, 3.8) is 0 Å². The number of nitrogens with zero attached hydrogens (tertiary/aromatic N) is 2. The second-order valence-electron chi connectivity index (χ2n) is 4.26. The molecule has 0 aliphatic rings. The fourth-order valence-corrected chi connectivity index (χ4v) is 1.75. The molecule has 0 saturated carbocycles. The van der Waals surface area contributed by atoms with Crippen LogP contribution in [0, 0.1) is 6.92 Å². The molecular weight excluding hydrogens is 256 g/mol. The van der Waals surface area contributed by atoms with Gasteiger partial charge in [-0.05, 0) is 25.1 Å². The molecule has 2 heterocycles. The molecule has 0 bridgehead atoms. The van der Waals surface area contributed by atoms with Gasteiger partial charge in [0.05, 0.1) is 31.2 Å². The van der Waals surface area contributed by atoms with Crippen molar-refractivity contribution in [3.8, 4) is 5.75 Å². The van der Waals surface area contributed by atoms with Gasteiger partial charge in [0.1, 0.15) is 12.4 Å². The predicted octanol–water partition coefficient (Wildman–Crippen LogP) is 1.87. The van der Waals surface area contributed by atoms with Crippen LogP contribution in [0.2, 0.25) is 0 Å². The molecule has 0 spiro atoms. The fraction of sp³-hybridized carbons (Fsp3) is 0.333. The zero-order valence-electron chi connectivity index (χ0n) is 11.5. The first kappa shape index (κ1) is 14.4. The normalized spacial score (nSPS) is 10.5. The van der Waals surface area contributed by atoms with E-state index in [-0.39, 0.29) is 6.61 Å². The highest BCUT2D eigenvalue weighted by Crippen LogP contribution is 2.19. The summed E-state index contributed by atoms with van der Waals surface area (Å²) in [4.78, 5) is 8.24. The summed E-state index contributed by atoms with van der Waals surface area (Å²) in [5.41, 5.74) is 2.40. The SMILES string of the molecule is Cc1c(OCCOCc2ccccn2)ccnc1CO. The molecular formula is C15H18N2O3. The smallest absolute Gasteiger partial charge is 0.125 e. The summed E-state index contributed by atoms with van der Waals surface area (Å²) in [6.07, 6.45) is 3.37. The molecule has 0 aliphatic carbocycles. The van der Waals surface area contributed by atoms with Gasteiger partial charge >= 0.3 is 0 Å². The summed E-state index contributed by atoms with van der Waals surface area (Å²) >= 11 is 0. The topological polar surface area (TPSA) is 64.5 Å². The van der Waals surface area contributed by atoms with Crippen LogP contribution in [-0.2, 0) is 18.0 Å². The Morgan fingerprint density at radius 3 is 2.75 bits per heavy atom. The summed E-state index contributed by atoms with van der Waals surface area (Å²) in [5.74, 6) is 0.727. The molecule has 0 fully saturated rings. The van der Waals surface area contributed by atoms with Crippen molar-refractivity contribution in [1.82, 2.24) is 9.97 Å². The van der Waals surface area contributed by atoms with Gasteiger partial charge in [0.25, 0.3) is 0 Å². The molecule has 2 rings (SSSR count). The monoisotopic (exact) mass is 274 g/mol. The number of pyridine rings is 2. The summed E-state index contributed by atoms with van der Waals surface area (Å²) in [5, 5.41) is 9.13. The van der Waals surface area contributed by atoms with Crippen molar-refractivity contribution < 1.29 is 14.6 Å². The molecule has 20 heavy (non-hydrogen) atoms. The van der Waals surface area contributed by atoms with Crippen LogP contribution in [0.15, 0.2) is 36.7 Å². The molecule has 0 saturated heterocycles. The van der Waals surface area contributed by atoms with Crippen LogP contribution in [0.5, 0.6) is 5.75 Å². The lowest BCUT2D eigenvalue weighted by Crippen LogP contribution is -2.08. The van der Waals surface area contributed by atoms with E-state index < -0.39 is 0 Å². The minimum absolute atomic E-state index is 0.0841. The number of ether oxygens (including phenoxy) is 2. The Hall–Kier alpha value is -1.98. The molecule has 0 unspecified atom stereocenters. The van der Waals surface area contributed by atoms with E-state index in [9.17, 15) is 0 Å². The molecule has 106 valence electrons. The second-order valence-corrected chi connectivity index (χ2v) is 4.26. The Morgan fingerprint density at radius 1 is 1.10 bits per heavy atom. The largest absolute Gasteiger partial charge is 0.491 e. The van der Waals surface area contributed by atoms with Crippen LogP contribution in [0.3, 0.4) is 0 Å². The molecule has 2 aromatic rings. The van der Waals surface area contributed by atoms with Gasteiger partial charge in [-0.1, -0.05) is 6.07 Å². The van der Waals surface area contributed by atoms with E-state index in [1.54, 1.807) is 18.5 Å². The minimum Gasteiger partial charge on any atom is -0.491 e. The van der Waals surface area contributed by atoms with Crippen LogP contribution < -0.4 is 4.74 Å². The summed E-state index contributed by atoms with van der Waals surface area (Å²) in [6, 6.07) is 7.51. The van der Waals surface area contributed by atoms with Crippen molar-refractivity contribution in [1.29, 1.82) is 0 Å². The van der Waals surface area contributed by atoms with Gasteiger partial charge in [0.15, 0.2) is 0 Å². The predicted molar refractivity (Wildman–Crippen MR) is 74.3 cm³/mol. The quantitative estimate of drug-likeness (QED) is 0.781. The Bertz CT molecular complexity index is 532. The third-order valence-corrected chi connectivity index (χ3v) is 2.87.